The number of rotatable bonds is 3. The van der Waals surface area contributed by atoms with Gasteiger partial charge in [0.2, 0.25) is 5.88 Å². The molecule has 3 rings (SSSR count). The van der Waals surface area contributed by atoms with E-state index in [1.807, 2.05) is 17.5 Å². The van der Waals surface area contributed by atoms with Crippen LogP contribution in [0.25, 0.3) is 10.6 Å². The van der Waals surface area contributed by atoms with Gasteiger partial charge in [-0.15, -0.1) is 11.3 Å². The lowest BCUT2D eigenvalue weighted by Crippen LogP contribution is -2.34. The number of aromatic nitrogens is 2. The van der Waals surface area contributed by atoms with Crippen LogP contribution < -0.4 is 10.1 Å². The van der Waals surface area contributed by atoms with Crippen molar-refractivity contribution >= 4 is 11.3 Å². The zero-order chi connectivity index (χ0) is 12.2. The number of thiophene rings is 1. The maximum absolute atomic E-state index is 5.89. The predicted octanol–water partition coefficient (Wildman–Crippen LogP) is 2.34. The SMILES string of the molecule is c1csc(-c2cncc(OC3CCNCC3)n2)c1. The van der Waals surface area contributed by atoms with Crippen LogP contribution in [-0.2, 0) is 0 Å². The minimum absolute atomic E-state index is 0.263. The topological polar surface area (TPSA) is 47.0 Å². The number of nitrogens with one attached hydrogen (secondary N) is 1. The molecule has 0 aromatic carbocycles. The summed E-state index contributed by atoms with van der Waals surface area (Å²) in [5.74, 6) is 0.632. The molecule has 0 saturated carbocycles. The van der Waals surface area contributed by atoms with Crippen molar-refractivity contribution in [2.45, 2.75) is 18.9 Å². The Kier molecular flexibility index (Phi) is 3.52. The van der Waals surface area contributed by atoms with Gasteiger partial charge in [0.05, 0.1) is 17.3 Å². The molecular weight excluding hydrogens is 246 g/mol. The van der Waals surface area contributed by atoms with Crippen molar-refractivity contribution in [3.8, 4) is 16.5 Å². The first-order chi connectivity index (χ1) is 8.92. The third-order valence-corrected chi connectivity index (χ3v) is 3.85. The van der Waals surface area contributed by atoms with E-state index >= 15 is 0 Å². The van der Waals surface area contributed by atoms with Gasteiger partial charge < -0.3 is 10.1 Å². The van der Waals surface area contributed by atoms with E-state index in [4.69, 9.17) is 4.74 Å². The summed E-state index contributed by atoms with van der Waals surface area (Å²) in [5.41, 5.74) is 0.886. The predicted molar refractivity (Wildman–Crippen MR) is 71.9 cm³/mol. The largest absolute Gasteiger partial charge is 0.473 e. The van der Waals surface area contributed by atoms with Gasteiger partial charge in [0.25, 0.3) is 0 Å². The van der Waals surface area contributed by atoms with E-state index in [0.29, 0.717) is 5.88 Å². The van der Waals surface area contributed by atoms with E-state index in [9.17, 15) is 0 Å². The quantitative estimate of drug-likeness (QED) is 0.921. The molecule has 1 N–H and O–H groups in total. The van der Waals surface area contributed by atoms with Crippen LogP contribution in [0.4, 0.5) is 0 Å². The van der Waals surface area contributed by atoms with Gasteiger partial charge in [0.1, 0.15) is 11.8 Å². The fourth-order valence-electron chi connectivity index (χ4n) is 2.03. The highest BCUT2D eigenvalue weighted by Crippen LogP contribution is 2.24. The first kappa shape index (κ1) is 11.6. The van der Waals surface area contributed by atoms with Crippen molar-refractivity contribution < 1.29 is 4.74 Å². The molecule has 0 spiro atoms. The van der Waals surface area contributed by atoms with Crippen LogP contribution in [0, 0.1) is 0 Å². The normalized spacial score (nSPS) is 16.7. The zero-order valence-electron chi connectivity index (χ0n) is 10.0. The molecule has 94 valence electrons. The fraction of sp³-hybridized carbons (Fsp3) is 0.385. The smallest absolute Gasteiger partial charge is 0.233 e. The Balaban J connectivity index is 1.74. The average molecular weight is 261 g/mol. The third kappa shape index (κ3) is 2.68. The van der Waals surface area contributed by atoms with Crippen molar-refractivity contribution in [3.63, 3.8) is 0 Å². The summed E-state index contributed by atoms with van der Waals surface area (Å²) >= 11 is 1.66. The molecule has 0 radical (unpaired) electrons. The molecule has 18 heavy (non-hydrogen) atoms. The summed E-state index contributed by atoms with van der Waals surface area (Å²) in [6.45, 7) is 2.03. The van der Waals surface area contributed by atoms with Gasteiger partial charge in [0, 0.05) is 0 Å². The number of nitrogens with zero attached hydrogens (tertiary/aromatic N) is 2. The highest BCUT2D eigenvalue weighted by atomic mass is 32.1. The lowest BCUT2D eigenvalue weighted by molar-refractivity contribution is 0.155. The van der Waals surface area contributed by atoms with Gasteiger partial charge in [0.15, 0.2) is 0 Å². The summed E-state index contributed by atoms with van der Waals surface area (Å²) in [7, 11) is 0. The molecule has 5 heteroatoms. The maximum atomic E-state index is 5.89. The van der Waals surface area contributed by atoms with Crippen LogP contribution in [0.5, 0.6) is 5.88 Å². The molecular formula is C13H15N3OS. The van der Waals surface area contributed by atoms with E-state index in [0.717, 1.165) is 36.5 Å². The molecule has 4 nitrogen and oxygen atoms in total. The van der Waals surface area contributed by atoms with Crippen molar-refractivity contribution in [3.05, 3.63) is 29.9 Å². The second-order valence-corrected chi connectivity index (χ2v) is 5.23. The van der Waals surface area contributed by atoms with Crippen molar-refractivity contribution in [2.24, 2.45) is 0 Å². The van der Waals surface area contributed by atoms with Crippen LogP contribution in [0.15, 0.2) is 29.9 Å². The first-order valence-electron chi connectivity index (χ1n) is 6.15. The van der Waals surface area contributed by atoms with E-state index < -0.39 is 0 Å². The van der Waals surface area contributed by atoms with E-state index in [2.05, 4.69) is 15.3 Å². The molecule has 3 heterocycles. The number of hydrogen-bond acceptors (Lipinski definition) is 5. The minimum Gasteiger partial charge on any atom is -0.473 e. The van der Waals surface area contributed by atoms with Gasteiger partial charge in [-0.2, -0.15) is 0 Å². The second kappa shape index (κ2) is 5.46. The highest BCUT2D eigenvalue weighted by molar-refractivity contribution is 7.13. The van der Waals surface area contributed by atoms with Crippen molar-refractivity contribution in [2.75, 3.05) is 13.1 Å². The van der Waals surface area contributed by atoms with Crippen molar-refractivity contribution in [1.82, 2.24) is 15.3 Å². The third-order valence-electron chi connectivity index (χ3n) is 2.96. The summed E-state index contributed by atoms with van der Waals surface area (Å²) in [5, 5.41) is 5.36. The van der Waals surface area contributed by atoms with E-state index in [-0.39, 0.29) is 6.10 Å². The minimum atomic E-state index is 0.263. The van der Waals surface area contributed by atoms with Gasteiger partial charge in [-0.25, -0.2) is 4.98 Å². The van der Waals surface area contributed by atoms with Crippen LogP contribution >= 0.6 is 11.3 Å². The first-order valence-corrected chi connectivity index (χ1v) is 7.03. The van der Waals surface area contributed by atoms with Crippen LogP contribution in [0.2, 0.25) is 0 Å². The van der Waals surface area contributed by atoms with Crippen LogP contribution in [0.3, 0.4) is 0 Å². The molecule has 0 atom stereocenters. The Bertz CT molecular complexity index is 495. The lowest BCUT2D eigenvalue weighted by Gasteiger charge is -2.23. The lowest BCUT2D eigenvalue weighted by atomic mass is 10.1. The van der Waals surface area contributed by atoms with Gasteiger partial charge in [-0.1, -0.05) is 6.07 Å². The zero-order valence-corrected chi connectivity index (χ0v) is 10.8. The van der Waals surface area contributed by atoms with E-state index in [1.54, 1.807) is 23.7 Å². The Morgan fingerprint density at radius 3 is 2.94 bits per heavy atom. The molecule has 0 bridgehead atoms. The van der Waals surface area contributed by atoms with Gasteiger partial charge in [-0.05, 0) is 37.4 Å². The summed E-state index contributed by atoms with van der Waals surface area (Å²) in [4.78, 5) is 9.85. The number of hydrogen-bond donors (Lipinski definition) is 1. The Morgan fingerprint density at radius 1 is 1.28 bits per heavy atom. The molecule has 1 fully saturated rings. The highest BCUT2D eigenvalue weighted by Gasteiger charge is 2.15. The molecule has 1 aliphatic rings. The Morgan fingerprint density at radius 2 is 2.17 bits per heavy atom. The second-order valence-electron chi connectivity index (χ2n) is 4.29. The average Bonchev–Trinajstić information content (AvgIpc) is 2.94. The van der Waals surface area contributed by atoms with Gasteiger partial charge in [-0.3, -0.25) is 4.98 Å². The molecule has 2 aromatic rings. The summed E-state index contributed by atoms with van der Waals surface area (Å²) in [6, 6.07) is 4.06. The Labute approximate surface area is 110 Å². The molecule has 0 amide bonds. The van der Waals surface area contributed by atoms with E-state index in [1.165, 1.54) is 0 Å². The Hall–Kier alpha value is -1.46. The standard InChI is InChI=1S/C13H15N3OS/c1-2-12(18-7-1)11-8-15-9-13(16-11)17-10-3-5-14-6-4-10/h1-2,7-10,14H,3-6H2. The van der Waals surface area contributed by atoms with Crippen LogP contribution in [-0.4, -0.2) is 29.2 Å². The fourth-order valence-corrected chi connectivity index (χ4v) is 2.71. The van der Waals surface area contributed by atoms with Crippen molar-refractivity contribution in [1.29, 1.82) is 0 Å². The maximum Gasteiger partial charge on any atom is 0.233 e. The monoisotopic (exact) mass is 261 g/mol. The number of ether oxygens (including phenoxy) is 1. The molecule has 2 aromatic heterocycles. The van der Waals surface area contributed by atoms with Gasteiger partial charge >= 0.3 is 0 Å². The summed E-state index contributed by atoms with van der Waals surface area (Å²) in [6.07, 6.45) is 5.80. The molecule has 1 saturated heterocycles. The number of piperidine rings is 1. The molecule has 0 aliphatic carbocycles. The van der Waals surface area contributed by atoms with Crippen LogP contribution in [0.1, 0.15) is 12.8 Å². The molecule has 1 aliphatic heterocycles. The summed E-state index contributed by atoms with van der Waals surface area (Å²) < 4.78 is 5.89. The molecule has 0 unspecified atom stereocenters.